The van der Waals surface area contributed by atoms with E-state index in [2.05, 4.69) is 0 Å². The van der Waals surface area contributed by atoms with Crippen molar-refractivity contribution in [3.05, 3.63) is 65.2 Å². The van der Waals surface area contributed by atoms with Gasteiger partial charge < -0.3 is 0 Å². The summed E-state index contributed by atoms with van der Waals surface area (Å²) in [4.78, 5) is -0.991. The van der Waals surface area contributed by atoms with Gasteiger partial charge in [0.1, 0.15) is 5.75 Å². The van der Waals surface area contributed by atoms with Crippen molar-refractivity contribution >= 4 is 9.84 Å². The molecule has 2 aromatic carbocycles. The van der Waals surface area contributed by atoms with Crippen molar-refractivity contribution in [2.75, 3.05) is 5.75 Å². The van der Waals surface area contributed by atoms with E-state index in [1.54, 1.807) is 0 Å². The molecule has 0 unspecified atom stereocenters. The van der Waals surface area contributed by atoms with E-state index in [1.165, 1.54) is 0 Å². The van der Waals surface area contributed by atoms with Crippen LogP contribution in [-0.2, 0) is 16.3 Å². The number of hydrogen-bond donors (Lipinski definition) is 0. The van der Waals surface area contributed by atoms with Gasteiger partial charge in [-0.2, -0.15) is 0 Å². The lowest BCUT2D eigenvalue weighted by molar-refractivity contribution is -0.0978. The van der Waals surface area contributed by atoms with E-state index in [-0.39, 0.29) is 6.07 Å². The first kappa shape index (κ1) is 22.1. The monoisotopic (exact) mass is 432 g/mol. The van der Waals surface area contributed by atoms with Gasteiger partial charge in [-0.3, -0.25) is 0 Å². The first-order valence-electron chi connectivity index (χ1n) is 7.58. The molecule has 2 nitrogen and oxygen atoms in total. The minimum Gasteiger partial charge on any atom is -0.223 e. The number of rotatable bonds is 7. The van der Waals surface area contributed by atoms with Crippen LogP contribution in [0.1, 0.15) is 12.0 Å². The standard InChI is InChI=1S/C17H12F8O2S/c18-12-3-1-10(5-14(12)20)7-16(22,23)8-17(24,25)9-28(26,27)11-2-4-13(19)15(21)6-11/h1-6H,7-9H2. The Morgan fingerprint density at radius 2 is 1.25 bits per heavy atom. The Labute approximate surface area is 154 Å². The molecule has 0 aliphatic carbocycles. The zero-order chi connectivity index (χ0) is 21.3. The second kappa shape index (κ2) is 7.69. The van der Waals surface area contributed by atoms with Crippen LogP contribution in [0.2, 0.25) is 0 Å². The zero-order valence-electron chi connectivity index (χ0n) is 13.8. The molecule has 0 N–H and O–H groups in total. The molecule has 0 aliphatic rings. The van der Waals surface area contributed by atoms with Crippen LogP contribution in [0, 0.1) is 23.3 Å². The highest BCUT2D eigenvalue weighted by atomic mass is 32.2. The lowest BCUT2D eigenvalue weighted by Gasteiger charge is -2.23. The van der Waals surface area contributed by atoms with Crippen LogP contribution in [0.25, 0.3) is 0 Å². The van der Waals surface area contributed by atoms with Crippen LogP contribution in [0.15, 0.2) is 41.3 Å². The molecule has 28 heavy (non-hydrogen) atoms. The molecule has 154 valence electrons. The maximum Gasteiger partial charge on any atom is 0.268 e. The number of sulfone groups is 1. The average molecular weight is 432 g/mol. The molecule has 0 bridgehead atoms. The van der Waals surface area contributed by atoms with Crippen LogP contribution in [0.4, 0.5) is 35.1 Å². The third kappa shape index (κ3) is 5.66. The SMILES string of the molecule is O=S(=O)(CC(F)(F)CC(F)(F)Cc1ccc(F)c(F)c1)c1ccc(F)c(F)c1. The average Bonchev–Trinajstić information content (AvgIpc) is 2.50. The zero-order valence-corrected chi connectivity index (χ0v) is 14.7. The van der Waals surface area contributed by atoms with E-state index < -0.39 is 74.0 Å². The van der Waals surface area contributed by atoms with Gasteiger partial charge in [-0.05, 0) is 35.9 Å². The Morgan fingerprint density at radius 1 is 0.714 bits per heavy atom. The van der Waals surface area contributed by atoms with Gasteiger partial charge in [-0.1, -0.05) is 6.07 Å². The van der Waals surface area contributed by atoms with Crippen LogP contribution >= 0.6 is 0 Å². The summed E-state index contributed by atoms with van der Waals surface area (Å²) in [5.74, 6) is -16.4. The van der Waals surface area contributed by atoms with Gasteiger partial charge in [-0.25, -0.2) is 43.5 Å². The summed E-state index contributed by atoms with van der Waals surface area (Å²) in [6.45, 7) is 0. The summed E-state index contributed by atoms with van der Waals surface area (Å²) < 4.78 is 131. The number of halogens is 8. The van der Waals surface area contributed by atoms with Gasteiger partial charge in [-0.15, -0.1) is 0 Å². The lowest BCUT2D eigenvalue weighted by Crippen LogP contribution is -2.36. The number of benzene rings is 2. The third-order valence-corrected chi connectivity index (χ3v) is 5.39. The highest BCUT2D eigenvalue weighted by molar-refractivity contribution is 7.91. The van der Waals surface area contributed by atoms with Crippen molar-refractivity contribution < 1.29 is 43.5 Å². The second-order valence-corrected chi connectivity index (χ2v) is 8.14. The summed E-state index contributed by atoms with van der Waals surface area (Å²) in [6, 6.07) is 2.84. The maximum atomic E-state index is 14.0. The summed E-state index contributed by atoms with van der Waals surface area (Å²) in [6.07, 6.45) is -3.59. The molecule has 2 aromatic rings. The quantitative estimate of drug-likeness (QED) is 0.460. The van der Waals surface area contributed by atoms with E-state index in [0.717, 1.165) is 6.07 Å². The van der Waals surface area contributed by atoms with E-state index in [1.807, 2.05) is 0 Å². The molecule has 0 aromatic heterocycles. The summed E-state index contributed by atoms with van der Waals surface area (Å²) >= 11 is 0. The van der Waals surface area contributed by atoms with Crippen molar-refractivity contribution in [2.45, 2.75) is 29.6 Å². The molecular weight excluding hydrogens is 420 g/mol. The van der Waals surface area contributed by atoms with Crippen LogP contribution in [-0.4, -0.2) is 26.0 Å². The molecule has 0 atom stereocenters. The van der Waals surface area contributed by atoms with E-state index in [9.17, 15) is 43.5 Å². The Morgan fingerprint density at radius 3 is 1.79 bits per heavy atom. The van der Waals surface area contributed by atoms with Crippen molar-refractivity contribution in [3.63, 3.8) is 0 Å². The molecule has 2 rings (SSSR count). The predicted octanol–water partition coefficient (Wildman–Crippen LogP) is 4.92. The fourth-order valence-corrected chi connectivity index (χ4v) is 3.85. The molecular formula is C17H12F8O2S. The number of hydrogen-bond acceptors (Lipinski definition) is 2. The maximum absolute atomic E-state index is 14.0. The fraction of sp³-hybridized carbons (Fsp3) is 0.294. The largest absolute Gasteiger partial charge is 0.268 e. The first-order valence-corrected chi connectivity index (χ1v) is 9.23. The Kier molecular flexibility index (Phi) is 6.07. The van der Waals surface area contributed by atoms with Crippen molar-refractivity contribution in [1.82, 2.24) is 0 Å². The van der Waals surface area contributed by atoms with Gasteiger partial charge in [0, 0.05) is 6.42 Å². The molecule has 0 spiro atoms. The lowest BCUT2D eigenvalue weighted by atomic mass is 10.0. The fourth-order valence-electron chi connectivity index (χ4n) is 2.47. The third-order valence-electron chi connectivity index (χ3n) is 3.62. The molecule has 0 aliphatic heterocycles. The van der Waals surface area contributed by atoms with Gasteiger partial charge in [0.15, 0.2) is 33.1 Å². The van der Waals surface area contributed by atoms with Crippen molar-refractivity contribution in [3.8, 4) is 0 Å². The topological polar surface area (TPSA) is 34.1 Å². The predicted molar refractivity (Wildman–Crippen MR) is 83.0 cm³/mol. The second-order valence-electron chi connectivity index (χ2n) is 6.15. The Balaban J connectivity index is 2.16. The van der Waals surface area contributed by atoms with E-state index in [0.29, 0.717) is 24.3 Å². The Hall–Kier alpha value is -2.17. The summed E-state index contributed by atoms with van der Waals surface area (Å²) in [7, 11) is -4.91. The minimum absolute atomic E-state index is 0.167. The highest BCUT2D eigenvalue weighted by Crippen LogP contribution is 2.35. The molecule has 0 amide bonds. The minimum atomic E-state index is -4.91. The Bertz CT molecular complexity index is 973. The van der Waals surface area contributed by atoms with Crippen LogP contribution < -0.4 is 0 Å². The van der Waals surface area contributed by atoms with Gasteiger partial charge >= 0.3 is 0 Å². The van der Waals surface area contributed by atoms with E-state index in [4.69, 9.17) is 0 Å². The van der Waals surface area contributed by atoms with Gasteiger partial charge in [0.05, 0.1) is 11.3 Å². The van der Waals surface area contributed by atoms with Crippen LogP contribution in [0.3, 0.4) is 0 Å². The van der Waals surface area contributed by atoms with Gasteiger partial charge in [0.2, 0.25) is 0 Å². The summed E-state index contributed by atoms with van der Waals surface area (Å²) in [5.41, 5.74) is -0.469. The van der Waals surface area contributed by atoms with Crippen molar-refractivity contribution in [2.24, 2.45) is 0 Å². The van der Waals surface area contributed by atoms with Crippen LogP contribution in [0.5, 0.6) is 0 Å². The molecule has 0 heterocycles. The van der Waals surface area contributed by atoms with Gasteiger partial charge in [0.25, 0.3) is 11.8 Å². The normalized spacial score (nSPS) is 13.0. The molecule has 0 fully saturated rings. The molecule has 0 radical (unpaired) electrons. The van der Waals surface area contributed by atoms with Crippen molar-refractivity contribution in [1.29, 1.82) is 0 Å². The molecule has 0 saturated carbocycles. The summed E-state index contributed by atoms with van der Waals surface area (Å²) in [5, 5.41) is 0. The first-order chi connectivity index (χ1) is 12.7. The highest BCUT2D eigenvalue weighted by Gasteiger charge is 2.46. The number of alkyl halides is 4. The molecule has 0 saturated heterocycles. The molecule has 11 heteroatoms. The smallest absolute Gasteiger partial charge is 0.223 e. The van der Waals surface area contributed by atoms with E-state index >= 15 is 0 Å².